The molecule has 5 heteroatoms. The van der Waals surface area contributed by atoms with Crippen molar-refractivity contribution < 1.29 is 4.52 Å². The van der Waals surface area contributed by atoms with Crippen molar-refractivity contribution in [2.75, 3.05) is 0 Å². The third-order valence-corrected chi connectivity index (χ3v) is 1.39. The summed E-state index contributed by atoms with van der Waals surface area (Å²) >= 11 is 0. The Labute approximate surface area is 68.5 Å². The van der Waals surface area contributed by atoms with Gasteiger partial charge in [0.25, 0.3) is 0 Å². The van der Waals surface area contributed by atoms with E-state index in [1.54, 1.807) is 6.20 Å². The zero-order chi connectivity index (χ0) is 8.23. The van der Waals surface area contributed by atoms with Gasteiger partial charge in [0.2, 0.25) is 6.39 Å². The molecule has 0 spiro atoms. The van der Waals surface area contributed by atoms with Gasteiger partial charge in [0.15, 0.2) is 5.82 Å². The summed E-state index contributed by atoms with van der Waals surface area (Å²) in [5.74, 6) is 0.633. The van der Waals surface area contributed by atoms with E-state index in [9.17, 15) is 0 Å². The van der Waals surface area contributed by atoms with Crippen molar-refractivity contribution in [1.82, 2.24) is 20.1 Å². The summed E-state index contributed by atoms with van der Waals surface area (Å²) in [6, 6.07) is 1.82. The van der Waals surface area contributed by atoms with Crippen LogP contribution in [0.2, 0.25) is 0 Å². The summed E-state index contributed by atoms with van der Waals surface area (Å²) < 4.78 is 4.58. The van der Waals surface area contributed by atoms with Crippen LogP contribution < -0.4 is 0 Å². The lowest BCUT2D eigenvalue weighted by Gasteiger charge is -1.91. The van der Waals surface area contributed by atoms with E-state index in [2.05, 4.69) is 24.6 Å². The normalized spacial score (nSPS) is 10.0. The molecule has 0 amide bonds. The third-order valence-electron chi connectivity index (χ3n) is 1.39. The van der Waals surface area contributed by atoms with Crippen LogP contribution in [0.3, 0.4) is 0 Å². The molecule has 2 heterocycles. The van der Waals surface area contributed by atoms with Gasteiger partial charge in [-0.25, -0.2) is 9.97 Å². The number of rotatable bonds is 2. The highest BCUT2D eigenvalue weighted by molar-refractivity contribution is 5.04. The molecular weight excluding hydrogens is 156 g/mol. The molecule has 0 unspecified atom stereocenters. The molecule has 60 valence electrons. The number of hydrogen-bond acceptors (Lipinski definition) is 5. The highest BCUT2D eigenvalue weighted by Gasteiger charge is 2.00. The molecule has 5 nitrogen and oxygen atoms in total. The van der Waals surface area contributed by atoms with Crippen LogP contribution in [0.1, 0.15) is 11.5 Å². The Bertz CT molecular complexity index is 332. The van der Waals surface area contributed by atoms with Gasteiger partial charge < -0.3 is 4.52 Å². The van der Waals surface area contributed by atoms with E-state index in [0.29, 0.717) is 12.2 Å². The molecule has 2 rings (SSSR count). The van der Waals surface area contributed by atoms with Crippen LogP contribution in [0, 0.1) is 0 Å². The Kier molecular flexibility index (Phi) is 1.77. The Hall–Kier alpha value is -1.78. The molecule has 2 aromatic rings. The quantitative estimate of drug-likeness (QED) is 0.641. The Morgan fingerprint density at radius 3 is 3.00 bits per heavy atom. The molecule has 12 heavy (non-hydrogen) atoms. The van der Waals surface area contributed by atoms with E-state index in [0.717, 1.165) is 5.69 Å². The minimum atomic E-state index is 0.582. The van der Waals surface area contributed by atoms with Crippen molar-refractivity contribution in [3.63, 3.8) is 0 Å². The monoisotopic (exact) mass is 162 g/mol. The van der Waals surface area contributed by atoms with Crippen molar-refractivity contribution in [3.05, 3.63) is 36.5 Å². The first kappa shape index (κ1) is 6.90. The van der Waals surface area contributed by atoms with Crippen molar-refractivity contribution in [1.29, 1.82) is 0 Å². The zero-order valence-electron chi connectivity index (χ0n) is 6.21. The van der Waals surface area contributed by atoms with Gasteiger partial charge in [-0.15, -0.1) is 0 Å². The molecular formula is C7H6N4O. The minimum absolute atomic E-state index is 0.582. The highest BCUT2D eigenvalue weighted by atomic mass is 16.5. The number of aromatic nitrogens is 4. The molecule has 0 N–H and O–H groups in total. The lowest BCUT2D eigenvalue weighted by Crippen LogP contribution is -1.93. The minimum Gasteiger partial charge on any atom is -0.343 e. The summed E-state index contributed by atoms with van der Waals surface area (Å²) in [4.78, 5) is 11.7. The van der Waals surface area contributed by atoms with Crippen LogP contribution in [0.4, 0.5) is 0 Å². The molecule has 0 saturated heterocycles. The molecule has 0 fully saturated rings. The number of nitrogens with zero attached hydrogens (tertiary/aromatic N) is 4. The Balaban J connectivity index is 2.15. The Morgan fingerprint density at radius 1 is 1.33 bits per heavy atom. The fraction of sp³-hybridized carbons (Fsp3) is 0.143. The van der Waals surface area contributed by atoms with Gasteiger partial charge in [-0.2, -0.15) is 4.98 Å². The molecule has 0 aliphatic carbocycles. The molecule has 0 saturated carbocycles. The van der Waals surface area contributed by atoms with Gasteiger partial charge in [-0.1, -0.05) is 5.16 Å². The van der Waals surface area contributed by atoms with E-state index >= 15 is 0 Å². The van der Waals surface area contributed by atoms with E-state index in [-0.39, 0.29) is 0 Å². The van der Waals surface area contributed by atoms with Crippen LogP contribution in [0.25, 0.3) is 0 Å². The molecule has 0 bridgehead atoms. The van der Waals surface area contributed by atoms with Crippen LogP contribution in [-0.4, -0.2) is 20.1 Å². The maximum absolute atomic E-state index is 4.58. The van der Waals surface area contributed by atoms with E-state index in [1.165, 1.54) is 12.7 Å². The van der Waals surface area contributed by atoms with Gasteiger partial charge in [-0.05, 0) is 6.07 Å². The van der Waals surface area contributed by atoms with E-state index in [1.807, 2.05) is 6.07 Å². The fourth-order valence-electron chi connectivity index (χ4n) is 0.855. The average Bonchev–Trinajstić information content (AvgIpc) is 2.59. The van der Waals surface area contributed by atoms with Crippen LogP contribution >= 0.6 is 0 Å². The van der Waals surface area contributed by atoms with Crippen LogP contribution in [-0.2, 0) is 6.42 Å². The second-order valence-corrected chi connectivity index (χ2v) is 2.22. The fourth-order valence-corrected chi connectivity index (χ4v) is 0.855. The zero-order valence-corrected chi connectivity index (χ0v) is 6.21. The van der Waals surface area contributed by atoms with Gasteiger partial charge in [-0.3, -0.25) is 0 Å². The average molecular weight is 162 g/mol. The van der Waals surface area contributed by atoms with E-state index < -0.39 is 0 Å². The number of hydrogen-bond donors (Lipinski definition) is 0. The lowest BCUT2D eigenvalue weighted by atomic mass is 10.3. The molecule has 0 atom stereocenters. The first-order chi connectivity index (χ1) is 5.95. The van der Waals surface area contributed by atoms with E-state index in [4.69, 9.17) is 0 Å². The maximum Gasteiger partial charge on any atom is 0.213 e. The van der Waals surface area contributed by atoms with Gasteiger partial charge >= 0.3 is 0 Å². The maximum atomic E-state index is 4.58. The molecule has 0 aliphatic heterocycles. The first-order valence-electron chi connectivity index (χ1n) is 3.45. The van der Waals surface area contributed by atoms with Crippen molar-refractivity contribution in [3.8, 4) is 0 Å². The van der Waals surface area contributed by atoms with Gasteiger partial charge in [0.05, 0.1) is 12.1 Å². The molecule has 0 aromatic carbocycles. The van der Waals surface area contributed by atoms with Crippen molar-refractivity contribution in [2.45, 2.75) is 6.42 Å². The van der Waals surface area contributed by atoms with Crippen molar-refractivity contribution >= 4 is 0 Å². The smallest absolute Gasteiger partial charge is 0.213 e. The summed E-state index contributed by atoms with van der Waals surface area (Å²) in [5, 5.41) is 3.66. The van der Waals surface area contributed by atoms with Gasteiger partial charge in [0, 0.05) is 6.20 Å². The van der Waals surface area contributed by atoms with Crippen molar-refractivity contribution in [2.24, 2.45) is 0 Å². The molecule has 0 aliphatic rings. The second-order valence-electron chi connectivity index (χ2n) is 2.22. The van der Waals surface area contributed by atoms with Crippen LogP contribution in [0.5, 0.6) is 0 Å². The second kappa shape index (κ2) is 3.08. The van der Waals surface area contributed by atoms with Crippen LogP contribution in [0.15, 0.2) is 29.5 Å². The molecule has 0 radical (unpaired) electrons. The Morgan fingerprint density at radius 2 is 2.33 bits per heavy atom. The topological polar surface area (TPSA) is 64.7 Å². The summed E-state index contributed by atoms with van der Waals surface area (Å²) in [7, 11) is 0. The largest absolute Gasteiger partial charge is 0.343 e. The predicted molar refractivity (Wildman–Crippen MR) is 39.1 cm³/mol. The SMILES string of the molecule is c1cc(Cc2ncon2)ncn1. The predicted octanol–water partition coefficient (Wildman–Crippen LogP) is 0.450. The third kappa shape index (κ3) is 1.45. The summed E-state index contributed by atoms with van der Waals surface area (Å²) in [6.07, 6.45) is 5.06. The first-order valence-corrected chi connectivity index (χ1v) is 3.45. The van der Waals surface area contributed by atoms with Gasteiger partial charge in [0.1, 0.15) is 6.33 Å². The highest BCUT2D eigenvalue weighted by Crippen LogP contribution is 1.98. The molecule has 2 aromatic heterocycles. The summed E-state index contributed by atoms with van der Waals surface area (Å²) in [5.41, 5.74) is 0.881. The lowest BCUT2D eigenvalue weighted by molar-refractivity contribution is 0.411. The standard InChI is InChI=1S/C7H6N4O/c1-2-8-4-9-6(1)3-7-10-5-12-11-7/h1-2,4-5H,3H2. The summed E-state index contributed by atoms with van der Waals surface area (Å²) in [6.45, 7) is 0.